The van der Waals surface area contributed by atoms with Crippen molar-refractivity contribution < 1.29 is 13.9 Å². The van der Waals surface area contributed by atoms with E-state index in [4.69, 9.17) is 0 Å². The smallest absolute Gasteiger partial charge is 0.210 e. The van der Waals surface area contributed by atoms with Crippen molar-refractivity contribution in [2.24, 2.45) is 7.05 Å². The number of pyridine rings is 2. The summed E-state index contributed by atoms with van der Waals surface area (Å²) in [5.74, 6) is -2.03. The van der Waals surface area contributed by atoms with Crippen molar-refractivity contribution in [2.45, 2.75) is 0 Å². The SMILES string of the molecule is Cn1c2ccncc2c2c(F)c(F)c(-c3ccc(O)nc3)cc21. The predicted octanol–water partition coefficient (Wildman–Crippen LogP) is 3.77. The number of rotatable bonds is 1. The van der Waals surface area contributed by atoms with Crippen molar-refractivity contribution in [1.29, 1.82) is 0 Å². The first-order valence-electron chi connectivity index (χ1n) is 6.93. The summed E-state index contributed by atoms with van der Waals surface area (Å²) in [6.45, 7) is 0. The Labute approximate surface area is 129 Å². The molecule has 3 heterocycles. The lowest BCUT2D eigenvalue weighted by Gasteiger charge is -2.07. The first kappa shape index (κ1) is 13.6. The van der Waals surface area contributed by atoms with Crippen LogP contribution in [0.15, 0.2) is 42.9 Å². The number of aromatic nitrogens is 3. The number of fused-ring (bicyclic) bond motifs is 3. The quantitative estimate of drug-likeness (QED) is 0.582. The van der Waals surface area contributed by atoms with Gasteiger partial charge in [0.25, 0.3) is 0 Å². The van der Waals surface area contributed by atoms with Crippen molar-refractivity contribution in [3.63, 3.8) is 0 Å². The normalized spacial score (nSPS) is 11.4. The van der Waals surface area contributed by atoms with Crippen LogP contribution in [-0.2, 0) is 7.05 Å². The van der Waals surface area contributed by atoms with Gasteiger partial charge in [-0.3, -0.25) is 4.98 Å². The van der Waals surface area contributed by atoms with E-state index >= 15 is 0 Å². The van der Waals surface area contributed by atoms with E-state index in [2.05, 4.69) is 9.97 Å². The first-order valence-corrected chi connectivity index (χ1v) is 6.93. The molecular weight excluding hydrogens is 300 g/mol. The second-order valence-corrected chi connectivity index (χ2v) is 5.30. The summed E-state index contributed by atoms with van der Waals surface area (Å²) < 4.78 is 31.0. The fourth-order valence-electron chi connectivity index (χ4n) is 2.89. The zero-order chi connectivity index (χ0) is 16.1. The Hall–Kier alpha value is -3.02. The standard InChI is InChI=1S/C17H11F2N3O/c1-22-12-4-5-20-8-11(12)15-13(22)6-10(16(18)17(15)19)9-2-3-14(23)21-7-9/h2-8H,1H3,(H,21,23). The van der Waals surface area contributed by atoms with Crippen LogP contribution in [0.4, 0.5) is 8.78 Å². The molecule has 0 unspecified atom stereocenters. The highest BCUT2D eigenvalue weighted by Crippen LogP contribution is 2.35. The molecule has 6 heteroatoms. The fourth-order valence-corrected chi connectivity index (χ4v) is 2.89. The van der Waals surface area contributed by atoms with Crippen LogP contribution in [0.3, 0.4) is 0 Å². The van der Waals surface area contributed by atoms with Crippen LogP contribution >= 0.6 is 0 Å². The van der Waals surface area contributed by atoms with E-state index in [9.17, 15) is 13.9 Å². The third-order valence-corrected chi connectivity index (χ3v) is 4.03. The molecule has 1 aromatic carbocycles. The van der Waals surface area contributed by atoms with Gasteiger partial charge >= 0.3 is 0 Å². The number of benzene rings is 1. The molecule has 0 saturated heterocycles. The van der Waals surface area contributed by atoms with Crippen LogP contribution in [0.2, 0.25) is 0 Å². The molecule has 3 aromatic heterocycles. The van der Waals surface area contributed by atoms with E-state index in [-0.39, 0.29) is 16.8 Å². The van der Waals surface area contributed by atoms with Crippen LogP contribution in [0.1, 0.15) is 0 Å². The van der Waals surface area contributed by atoms with Crippen molar-refractivity contribution in [2.75, 3.05) is 0 Å². The van der Waals surface area contributed by atoms with E-state index in [0.717, 1.165) is 5.52 Å². The van der Waals surface area contributed by atoms with Gasteiger partial charge in [-0.05, 0) is 18.2 Å². The monoisotopic (exact) mass is 311 g/mol. The lowest BCUT2D eigenvalue weighted by molar-refractivity contribution is 0.453. The molecule has 0 amide bonds. The van der Waals surface area contributed by atoms with Gasteiger partial charge in [0.05, 0.1) is 11.0 Å². The molecule has 1 N–H and O–H groups in total. The summed E-state index contributed by atoms with van der Waals surface area (Å²) in [7, 11) is 1.79. The molecule has 0 atom stereocenters. The molecule has 4 rings (SSSR count). The minimum absolute atomic E-state index is 0.0985. The van der Waals surface area contributed by atoms with Gasteiger partial charge in [0.1, 0.15) is 0 Å². The van der Waals surface area contributed by atoms with Crippen LogP contribution in [0.5, 0.6) is 5.88 Å². The van der Waals surface area contributed by atoms with Crippen molar-refractivity contribution in [1.82, 2.24) is 14.5 Å². The highest BCUT2D eigenvalue weighted by molar-refractivity contribution is 6.09. The van der Waals surface area contributed by atoms with Crippen molar-refractivity contribution in [3.05, 3.63) is 54.5 Å². The lowest BCUT2D eigenvalue weighted by atomic mass is 10.0. The average Bonchev–Trinajstić information content (AvgIpc) is 2.85. The maximum absolute atomic E-state index is 14.7. The molecule has 0 radical (unpaired) electrons. The second-order valence-electron chi connectivity index (χ2n) is 5.30. The number of aromatic hydroxyl groups is 1. The van der Waals surface area contributed by atoms with Gasteiger partial charge in [0, 0.05) is 53.6 Å². The molecule has 0 aliphatic heterocycles. The Balaban J connectivity index is 2.12. The van der Waals surface area contributed by atoms with Gasteiger partial charge < -0.3 is 9.67 Å². The molecule has 114 valence electrons. The summed E-state index contributed by atoms with van der Waals surface area (Å²) >= 11 is 0. The lowest BCUT2D eigenvalue weighted by Crippen LogP contribution is -1.94. The molecule has 0 aliphatic carbocycles. The number of aryl methyl sites for hydroxylation is 1. The predicted molar refractivity (Wildman–Crippen MR) is 83.0 cm³/mol. The molecular formula is C17H11F2N3O. The molecule has 0 aliphatic rings. The van der Waals surface area contributed by atoms with E-state index in [0.29, 0.717) is 16.5 Å². The maximum atomic E-state index is 14.7. The van der Waals surface area contributed by atoms with Gasteiger partial charge in [-0.1, -0.05) is 0 Å². The molecule has 0 spiro atoms. The topological polar surface area (TPSA) is 50.9 Å². The maximum Gasteiger partial charge on any atom is 0.210 e. The largest absolute Gasteiger partial charge is 0.493 e. The van der Waals surface area contributed by atoms with E-state index < -0.39 is 11.6 Å². The Bertz CT molecular complexity index is 1060. The summed E-state index contributed by atoms with van der Waals surface area (Å²) in [5, 5.41) is 10.0. The van der Waals surface area contributed by atoms with Crippen molar-refractivity contribution >= 4 is 21.8 Å². The van der Waals surface area contributed by atoms with Crippen molar-refractivity contribution in [3.8, 4) is 17.0 Å². The minimum Gasteiger partial charge on any atom is -0.493 e. The fraction of sp³-hybridized carbons (Fsp3) is 0.0588. The molecule has 0 saturated carbocycles. The number of hydrogen-bond donors (Lipinski definition) is 1. The van der Waals surface area contributed by atoms with Crippen LogP contribution in [0.25, 0.3) is 32.9 Å². The second kappa shape index (κ2) is 4.74. The Morgan fingerprint density at radius 1 is 1.04 bits per heavy atom. The van der Waals surface area contributed by atoms with Crippen LogP contribution in [0, 0.1) is 11.6 Å². The van der Waals surface area contributed by atoms with Crippen LogP contribution < -0.4 is 0 Å². The minimum atomic E-state index is -0.943. The number of nitrogens with zero attached hydrogens (tertiary/aromatic N) is 3. The number of halogens is 2. The Kier molecular flexibility index (Phi) is 2.81. The van der Waals surface area contributed by atoms with Crippen LogP contribution in [-0.4, -0.2) is 19.6 Å². The zero-order valence-electron chi connectivity index (χ0n) is 12.1. The third kappa shape index (κ3) is 1.88. The molecule has 4 nitrogen and oxygen atoms in total. The molecule has 0 bridgehead atoms. The summed E-state index contributed by atoms with van der Waals surface area (Å²) in [6.07, 6.45) is 4.45. The Morgan fingerprint density at radius 3 is 2.61 bits per heavy atom. The van der Waals surface area contributed by atoms with E-state index in [1.54, 1.807) is 29.9 Å². The average molecular weight is 311 g/mol. The Morgan fingerprint density at radius 2 is 1.87 bits per heavy atom. The van der Waals surface area contributed by atoms with Gasteiger partial charge in [0.15, 0.2) is 11.6 Å². The van der Waals surface area contributed by atoms with E-state index in [1.807, 2.05) is 0 Å². The van der Waals surface area contributed by atoms with Gasteiger partial charge in [0.2, 0.25) is 5.88 Å². The summed E-state index contributed by atoms with van der Waals surface area (Å²) in [5.41, 5.74) is 1.83. The molecule has 23 heavy (non-hydrogen) atoms. The first-order chi connectivity index (χ1) is 11.1. The van der Waals surface area contributed by atoms with Gasteiger partial charge in [-0.25, -0.2) is 13.8 Å². The molecule has 0 fully saturated rings. The third-order valence-electron chi connectivity index (χ3n) is 4.03. The van der Waals surface area contributed by atoms with E-state index in [1.165, 1.54) is 24.5 Å². The zero-order valence-corrected chi connectivity index (χ0v) is 12.1. The molecule has 4 aromatic rings. The number of hydrogen-bond acceptors (Lipinski definition) is 3. The van der Waals surface area contributed by atoms with Gasteiger partial charge in [-0.2, -0.15) is 0 Å². The highest BCUT2D eigenvalue weighted by atomic mass is 19.2. The summed E-state index contributed by atoms with van der Waals surface area (Å²) in [6, 6.07) is 6.18. The summed E-state index contributed by atoms with van der Waals surface area (Å²) in [4.78, 5) is 7.72. The van der Waals surface area contributed by atoms with Gasteiger partial charge in [-0.15, -0.1) is 0 Å². The highest BCUT2D eigenvalue weighted by Gasteiger charge is 2.20.